The van der Waals surface area contributed by atoms with E-state index in [1.807, 2.05) is 0 Å². The topological polar surface area (TPSA) is 101 Å². The van der Waals surface area contributed by atoms with E-state index in [-0.39, 0.29) is 19.3 Å². The fourth-order valence-electron chi connectivity index (χ4n) is 1.06. The van der Waals surface area contributed by atoms with Crippen LogP contribution in [0.1, 0.15) is 26.2 Å². The van der Waals surface area contributed by atoms with Crippen LogP contribution in [0.25, 0.3) is 0 Å². The zero-order valence-electron chi connectivity index (χ0n) is 7.62. The van der Waals surface area contributed by atoms with Crippen molar-refractivity contribution in [1.82, 2.24) is 0 Å². The summed E-state index contributed by atoms with van der Waals surface area (Å²) in [7, 11) is 0. The predicted molar refractivity (Wildman–Crippen MR) is 45.9 cm³/mol. The lowest BCUT2D eigenvalue weighted by molar-refractivity contribution is -0.152. The number of primary amides is 1. The zero-order chi connectivity index (χ0) is 10.5. The Balaban J connectivity index is 4.39. The first kappa shape index (κ1) is 11.9. The first-order chi connectivity index (χ1) is 5.98. The van der Waals surface area contributed by atoms with Crippen LogP contribution in [0.3, 0.4) is 0 Å². The van der Waals surface area contributed by atoms with E-state index in [2.05, 4.69) is 0 Å². The number of carboxylic acids is 1. The van der Waals surface area contributed by atoms with Crippen LogP contribution >= 0.6 is 0 Å². The van der Waals surface area contributed by atoms with Gasteiger partial charge in [0.05, 0.1) is 12.0 Å². The molecule has 0 aromatic rings. The number of aliphatic hydroxyl groups excluding tert-OH is 1. The molecule has 13 heavy (non-hydrogen) atoms. The summed E-state index contributed by atoms with van der Waals surface area (Å²) >= 11 is 0. The van der Waals surface area contributed by atoms with E-state index in [1.54, 1.807) is 6.92 Å². The Morgan fingerprint density at radius 1 is 1.46 bits per heavy atom. The van der Waals surface area contributed by atoms with Gasteiger partial charge in [0.15, 0.2) is 0 Å². The van der Waals surface area contributed by atoms with Gasteiger partial charge in [-0.3, -0.25) is 9.59 Å². The summed E-state index contributed by atoms with van der Waals surface area (Å²) in [5.41, 5.74) is 3.68. The Hall–Kier alpha value is -1.10. The van der Waals surface area contributed by atoms with Gasteiger partial charge in [-0.15, -0.1) is 0 Å². The van der Waals surface area contributed by atoms with Crippen molar-refractivity contribution in [2.75, 3.05) is 6.61 Å². The highest BCUT2D eigenvalue weighted by atomic mass is 16.4. The number of carbonyl (C=O) groups is 2. The van der Waals surface area contributed by atoms with Crippen LogP contribution in [0, 0.1) is 5.41 Å². The van der Waals surface area contributed by atoms with Crippen molar-refractivity contribution in [1.29, 1.82) is 0 Å². The van der Waals surface area contributed by atoms with Crippen molar-refractivity contribution in [3.05, 3.63) is 0 Å². The molecule has 1 amide bonds. The van der Waals surface area contributed by atoms with Crippen molar-refractivity contribution >= 4 is 11.9 Å². The number of carbonyl (C=O) groups excluding carboxylic acids is 1. The molecule has 4 N–H and O–H groups in total. The lowest BCUT2D eigenvalue weighted by atomic mass is 9.81. The average molecular weight is 189 g/mol. The summed E-state index contributed by atoms with van der Waals surface area (Å²) in [5, 5.41) is 17.8. The molecule has 0 heterocycles. The molecule has 0 aliphatic rings. The van der Waals surface area contributed by atoms with Gasteiger partial charge in [0.2, 0.25) is 5.91 Å². The fourth-order valence-corrected chi connectivity index (χ4v) is 1.06. The summed E-state index contributed by atoms with van der Waals surface area (Å²) < 4.78 is 0. The van der Waals surface area contributed by atoms with Crippen molar-refractivity contribution in [3.63, 3.8) is 0 Å². The Kier molecular flexibility index (Phi) is 4.40. The molecule has 1 atom stereocenters. The van der Waals surface area contributed by atoms with Gasteiger partial charge < -0.3 is 15.9 Å². The first-order valence-corrected chi connectivity index (χ1v) is 4.11. The molecule has 0 aromatic heterocycles. The largest absolute Gasteiger partial charge is 0.481 e. The van der Waals surface area contributed by atoms with Gasteiger partial charge in [0.25, 0.3) is 0 Å². The highest BCUT2D eigenvalue weighted by Crippen LogP contribution is 2.27. The third-order valence-corrected chi connectivity index (χ3v) is 2.28. The molecule has 0 saturated carbocycles. The van der Waals surface area contributed by atoms with E-state index in [1.165, 1.54) is 0 Å². The standard InChI is InChI=1S/C8H15NO4/c1-2-8(5-10,7(12)13)4-3-6(9)11/h10H,2-5H2,1H3,(H2,9,11)(H,12,13). The SMILES string of the molecule is CCC(CO)(CCC(N)=O)C(=O)O. The molecule has 0 rings (SSSR count). The average Bonchev–Trinajstić information content (AvgIpc) is 2.06. The molecule has 0 bridgehead atoms. The van der Waals surface area contributed by atoms with Crippen molar-refractivity contribution in [3.8, 4) is 0 Å². The van der Waals surface area contributed by atoms with E-state index < -0.39 is 23.9 Å². The number of aliphatic hydroxyl groups is 1. The van der Waals surface area contributed by atoms with E-state index >= 15 is 0 Å². The molecule has 0 spiro atoms. The molecular weight excluding hydrogens is 174 g/mol. The minimum absolute atomic E-state index is 0.0132. The molecule has 0 aliphatic heterocycles. The predicted octanol–water partition coefficient (Wildman–Crippen LogP) is -0.275. The lowest BCUT2D eigenvalue weighted by Gasteiger charge is -2.24. The second-order valence-electron chi connectivity index (χ2n) is 3.06. The maximum absolute atomic E-state index is 10.8. The highest BCUT2D eigenvalue weighted by molar-refractivity contribution is 5.77. The number of amides is 1. The molecule has 0 aliphatic carbocycles. The molecule has 1 unspecified atom stereocenters. The zero-order valence-corrected chi connectivity index (χ0v) is 7.62. The summed E-state index contributed by atoms with van der Waals surface area (Å²) in [5.74, 6) is -1.63. The number of hydrogen-bond acceptors (Lipinski definition) is 3. The Morgan fingerprint density at radius 2 is 2.00 bits per heavy atom. The smallest absolute Gasteiger partial charge is 0.311 e. The van der Waals surface area contributed by atoms with Crippen LogP contribution in [0.15, 0.2) is 0 Å². The lowest BCUT2D eigenvalue weighted by Crippen LogP contribution is -2.35. The maximum atomic E-state index is 10.8. The Bertz CT molecular complexity index is 198. The van der Waals surface area contributed by atoms with Gasteiger partial charge in [-0.25, -0.2) is 0 Å². The van der Waals surface area contributed by atoms with Crippen LogP contribution in [-0.4, -0.2) is 28.7 Å². The second-order valence-corrected chi connectivity index (χ2v) is 3.06. The molecule has 5 nitrogen and oxygen atoms in total. The molecule has 76 valence electrons. The summed E-state index contributed by atoms with van der Waals surface area (Å²) in [6, 6.07) is 0. The van der Waals surface area contributed by atoms with Gasteiger partial charge >= 0.3 is 5.97 Å². The van der Waals surface area contributed by atoms with Gasteiger partial charge in [-0.1, -0.05) is 6.92 Å². The molecule has 0 fully saturated rings. The Labute approximate surface area is 76.5 Å². The van der Waals surface area contributed by atoms with Gasteiger partial charge in [-0.2, -0.15) is 0 Å². The van der Waals surface area contributed by atoms with Crippen molar-refractivity contribution in [2.24, 2.45) is 11.1 Å². The monoisotopic (exact) mass is 189 g/mol. The molecule has 0 radical (unpaired) electrons. The number of carboxylic acid groups (broad SMARTS) is 1. The summed E-state index contributed by atoms with van der Waals surface area (Å²) in [6.07, 6.45) is 0.359. The van der Waals surface area contributed by atoms with E-state index in [0.717, 1.165) is 0 Å². The van der Waals surface area contributed by atoms with Crippen LogP contribution in [0.2, 0.25) is 0 Å². The number of aliphatic carboxylic acids is 1. The Morgan fingerprint density at radius 3 is 2.23 bits per heavy atom. The molecule has 0 saturated heterocycles. The van der Waals surface area contributed by atoms with Gasteiger partial charge in [-0.05, 0) is 12.8 Å². The van der Waals surface area contributed by atoms with Crippen LogP contribution in [0.4, 0.5) is 0 Å². The molecular formula is C8H15NO4. The number of hydrogen-bond donors (Lipinski definition) is 3. The molecule has 0 aromatic carbocycles. The third kappa shape index (κ3) is 3.02. The fraction of sp³-hybridized carbons (Fsp3) is 0.750. The normalized spacial score (nSPS) is 14.9. The highest BCUT2D eigenvalue weighted by Gasteiger charge is 2.35. The summed E-state index contributed by atoms with van der Waals surface area (Å²) in [4.78, 5) is 21.2. The van der Waals surface area contributed by atoms with Crippen molar-refractivity contribution < 1.29 is 19.8 Å². The second kappa shape index (κ2) is 4.81. The first-order valence-electron chi connectivity index (χ1n) is 4.11. The number of nitrogens with two attached hydrogens (primary N) is 1. The van der Waals surface area contributed by atoms with Gasteiger partial charge in [0.1, 0.15) is 0 Å². The van der Waals surface area contributed by atoms with Crippen LogP contribution < -0.4 is 5.73 Å². The van der Waals surface area contributed by atoms with Crippen molar-refractivity contribution in [2.45, 2.75) is 26.2 Å². The minimum Gasteiger partial charge on any atom is -0.481 e. The van der Waals surface area contributed by atoms with E-state index in [4.69, 9.17) is 15.9 Å². The van der Waals surface area contributed by atoms with Gasteiger partial charge in [0, 0.05) is 6.42 Å². The third-order valence-electron chi connectivity index (χ3n) is 2.28. The summed E-state index contributed by atoms with van der Waals surface area (Å²) in [6.45, 7) is 1.19. The molecule has 5 heteroatoms. The number of rotatable bonds is 6. The van der Waals surface area contributed by atoms with E-state index in [0.29, 0.717) is 0 Å². The van der Waals surface area contributed by atoms with E-state index in [9.17, 15) is 9.59 Å². The quantitative estimate of drug-likeness (QED) is 0.535. The maximum Gasteiger partial charge on any atom is 0.311 e. The van der Waals surface area contributed by atoms with Crippen LogP contribution in [0.5, 0.6) is 0 Å². The van der Waals surface area contributed by atoms with Crippen LogP contribution in [-0.2, 0) is 9.59 Å². The minimum atomic E-state index is -1.21.